The van der Waals surface area contributed by atoms with Crippen LogP contribution in [0.15, 0.2) is 24.3 Å². The van der Waals surface area contributed by atoms with Crippen LogP contribution in [0.1, 0.15) is 38.2 Å². The van der Waals surface area contributed by atoms with Gasteiger partial charge in [-0.1, -0.05) is 25.0 Å². The Kier molecular flexibility index (Phi) is 5.12. The van der Waals surface area contributed by atoms with Crippen molar-refractivity contribution in [1.82, 2.24) is 5.32 Å². The fourth-order valence-electron chi connectivity index (χ4n) is 2.86. The highest BCUT2D eigenvalue weighted by atomic mass is 19.1. The van der Waals surface area contributed by atoms with Crippen LogP contribution in [-0.4, -0.2) is 18.0 Å². The molecule has 1 aromatic rings. The van der Waals surface area contributed by atoms with Gasteiger partial charge in [-0.15, -0.1) is 0 Å². The third-order valence-corrected chi connectivity index (χ3v) is 4.00. The second-order valence-corrected chi connectivity index (χ2v) is 5.80. The summed E-state index contributed by atoms with van der Waals surface area (Å²) in [5.74, 6) is -0.232. The zero-order valence-corrected chi connectivity index (χ0v) is 11.9. The van der Waals surface area contributed by atoms with Gasteiger partial charge in [0.25, 0.3) is 0 Å². The number of carbonyl (C=O) groups excluding carboxylic acids is 1. The van der Waals surface area contributed by atoms with E-state index in [1.165, 1.54) is 12.1 Å². The van der Waals surface area contributed by atoms with E-state index in [4.69, 9.17) is 5.73 Å². The number of carbonyl (C=O) groups is 1. The Balaban J connectivity index is 1.85. The Morgan fingerprint density at radius 2 is 2.00 bits per heavy atom. The first-order valence-electron chi connectivity index (χ1n) is 7.36. The molecule has 110 valence electrons. The molecule has 20 heavy (non-hydrogen) atoms. The lowest BCUT2D eigenvalue weighted by atomic mass is 9.84. The molecule has 0 saturated heterocycles. The highest BCUT2D eigenvalue weighted by Crippen LogP contribution is 2.23. The lowest BCUT2D eigenvalue weighted by Gasteiger charge is -2.28. The molecule has 3 atom stereocenters. The van der Waals surface area contributed by atoms with E-state index in [9.17, 15) is 9.18 Å². The lowest BCUT2D eigenvalue weighted by molar-refractivity contribution is -0.127. The molecule has 1 amide bonds. The van der Waals surface area contributed by atoms with Crippen LogP contribution in [0.25, 0.3) is 0 Å². The molecule has 3 N–H and O–H groups in total. The summed E-state index contributed by atoms with van der Waals surface area (Å²) in [6.45, 7) is 1.97. The van der Waals surface area contributed by atoms with Crippen LogP contribution in [0.4, 0.5) is 4.39 Å². The molecule has 0 spiro atoms. The first-order chi connectivity index (χ1) is 9.56. The smallest absolute Gasteiger partial charge is 0.224 e. The molecule has 1 saturated carbocycles. The fraction of sp³-hybridized carbons (Fsp3) is 0.562. The second-order valence-electron chi connectivity index (χ2n) is 5.80. The van der Waals surface area contributed by atoms with Gasteiger partial charge in [-0.3, -0.25) is 4.79 Å². The molecule has 1 fully saturated rings. The quantitative estimate of drug-likeness (QED) is 0.888. The Labute approximate surface area is 119 Å². The Hall–Kier alpha value is -1.42. The van der Waals surface area contributed by atoms with Crippen LogP contribution in [0, 0.1) is 11.7 Å². The number of nitrogens with one attached hydrogen (secondary N) is 1. The molecule has 0 heterocycles. The van der Waals surface area contributed by atoms with Crippen molar-refractivity contribution in [3.63, 3.8) is 0 Å². The van der Waals surface area contributed by atoms with Crippen molar-refractivity contribution in [2.24, 2.45) is 11.7 Å². The van der Waals surface area contributed by atoms with Crippen molar-refractivity contribution in [2.75, 3.05) is 0 Å². The maximum atomic E-state index is 12.8. The third kappa shape index (κ3) is 4.04. The molecule has 1 aromatic carbocycles. The number of amides is 1. The molecule has 3 nitrogen and oxygen atoms in total. The van der Waals surface area contributed by atoms with Crippen molar-refractivity contribution in [1.29, 1.82) is 0 Å². The van der Waals surface area contributed by atoms with Gasteiger partial charge in [-0.25, -0.2) is 4.39 Å². The Morgan fingerprint density at radius 1 is 1.35 bits per heavy atom. The minimum absolute atomic E-state index is 0.0122. The average molecular weight is 278 g/mol. The van der Waals surface area contributed by atoms with Gasteiger partial charge in [0.2, 0.25) is 5.91 Å². The van der Waals surface area contributed by atoms with E-state index >= 15 is 0 Å². The highest BCUT2D eigenvalue weighted by molar-refractivity contribution is 5.79. The predicted molar refractivity (Wildman–Crippen MR) is 77.6 cm³/mol. The number of hydrogen-bond acceptors (Lipinski definition) is 2. The normalized spacial score (nSPS) is 24.1. The van der Waals surface area contributed by atoms with E-state index in [1.54, 1.807) is 12.1 Å². The van der Waals surface area contributed by atoms with Gasteiger partial charge in [0.1, 0.15) is 5.82 Å². The molecular weight excluding hydrogens is 255 g/mol. The van der Waals surface area contributed by atoms with Crippen molar-refractivity contribution in [3.8, 4) is 0 Å². The zero-order valence-electron chi connectivity index (χ0n) is 11.9. The van der Waals surface area contributed by atoms with E-state index in [-0.39, 0.29) is 29.7 Å². The van der Waals surface area contributed by atoms with E-state index in [2.05, 4.69) is 5.32 Å². The minimum atomic E-state index is -0.237. The SMILES string of the molecule is CC(Cc1ccc(F)cc1)NC(=O)C1CCCCC1N. The largest absolute Gasteiger partial charge is 0.353 e. The number of benzene rings is 1. The molecule has 0 bridgehead atoms. The van der Waals surface area contributed by atoms with Crippen LogP contribution in [0.2, 0.25) is 0 Å². The monoisotopic (exact) mass is 278 g/mol. The van der Waals surface area contributed by atoms with Crippen LogP contribution >= 0.6 is 0 Å². The molecule has 2 rings (SSSR count). The summed E-state index contributed by atoms with van der Waals surface area (Å²) in [6.07, 6.45) is 4.73. The summed E-state index contributed by atoms with van der Waals surface area (Å²) >= 11 is 0. The van der Waals surface area contributed by atoms with Crippen LogP contribution in [0.3, 0.4) is 0 Å². The van der Waals surface area contributed by atoms with E-state index in [1.807, 2.05) is 6.92 Å². The average Bonchev–Trinajstić information content (AvgIpc) is 2.41. The van der Waals surface area contributed by atoms with E-state index in [0.717, 1.165) is 31.2 Å². The van der Waals surface area contributed by atoms with Gasteiger partial charge in [0, 0.05) is 12.1 Å². The molecule has 1 aliphatic carbocycles. The molecule has 1 aliphatic rings. The molecule has 4 heteroatoms. The van der Waals surface area contributed by atoms with Crippen molar-refractivity contribution < 1.29 is 9.18 Å². The molecule has 0 aliphatic heterocycles. The number of hydrogen-bond donors (Lipinski definition) is 2. The van der Waals surface area contributed by atoms with Gasteiger partial charge in [-0.2, -0.15) is 0 Å². The Bertz CT molecular complexity index is 446. The van der Waals surface area contributed by atoms with Gasteiger partial charge in [0.05, 0.1) is 5.92 Å². The standard InChI is InChI=1S/C16H23FN2O/c1-11(10-12-6-8-13(17)9-7-12)19-16(20)14-4-2-3-5-15(14)18/h6-9,11,14-15H,2-5,10,18H2,1H3,(H,19,20). The maximum Gasteiger partial charge on any atom is 0.224 e. The van der Waals surface area contributed by atoms with Gasteiger partial charge >= 0.3 is 0 Å². The van der Waals surface area contributed by atoms with Crippen molar-refractivity contribution >= 4 is 5.91 Å². The van der Waals surface area contributed by atoms with Gasteiger partial charge < -0.3 is 11.1 Å². The second kappa shape index (κ2) is 6.84. The molecule has 3 unspecified atom stereocenters. The first kappa shape index (κ1) is 15.0. The van der Waals surface area contributed by atoms with Crippen molar-refractivity contribution in [2.45, 2.75) is 51.1 Å². The molecular formula is C16H23FN2O. The van der Waals surface area contributed by atoms with E-state index in [0.29, 0.717) is 6.42 Å². The summed E-state index contributed by atoms with van der Waals surface area (Å²) in [5, 5.41) is 3.03. The topological polar surface area (TPSA) is 55.1 Å². The van der Waals surface area contributed by atoms with E-state index < -0.39 is 0 Å². The van der Waals surface area contributed by atoms with Crippen LogP contribution in [-0.2, 0) is 11.2 Å². The maximum absolute atomic E-state index is 12.8. The first-order valence-corrected chi connectivity index (χ1v) is 7.36. The fourth-order valence-corrected chi connectivity index (χ4v) is 2.86. The van der Waals surface area contributed by atoms with Gasteiger partial charge in [0.15, 0.2) is 0 Å². The number of halogens is 1. The lowest BCUT2D eigenvalue weighted by Crippen LogP contribution is -2.46. The minimum Gasteiger partial charge on any atom is -0.353 e. The molecule has 0 radical (unpaired) electrons. The Morgan fingerprint density at radius 3 is 2.65 bits per heavy atom. The van der Waals surface area contributed by atoms with Crippen LogP contribution in [0.5, 0.6) is 0 Å². The van der Waals surface area contributed by atoms with Crippen LogP contribution < -0.4 is 11.1 Å². The number of nitrogens with two attached hydrogens (primary N) is 1. The zero-order chi connectivity index (χ0) is 14.5. The van der Waals surface area contributed by atoms with Crippen molar-refractivity contribution in [3.05, 3.63) is 35.6 Å². The summed E-state index contributed by atoms with van der Waals surface area (Å²) in [7, 11) is 0. The van der Waals surface area contributed by atoms with Gasteiger partial charge in [-0.05, 0) is 43.9 Å². The summed E-state index contributed by atoms with van der Waals surface area (Å²) in [4.78, 5) is 12.2. The predicted octanol–water partition coefficient (Wildman–Crippen LogP) is 2.39. The highest BCUT2D eigenvalue weighted by Gasteiger charge is 2.28. The molecule has 0 aromatic heterocycles. The summed E-state index contributed by atoms with van der Waals surface area (Å²) in [6, 6.07) is 6.42. The number of rotatable bonds is 4. The summed E-state index contributed by atoms with van der Waals surface area (Å²) in [5.41, 5.74) is 7.04. The summed E-state index contributed by atoms with van der Waals surface area (Å²) < 4.78 is 12.8. The third-order valence-electron chi connectivity index (χ3n) is 4.00.